The number of rotatable bonds is 9. The zero-order valence-corrected chi connectivity index (χ0v) is 18.6. The first-order valence-corrected chi connectivity index (χ1v) is 13.0. The second-order valence-corrected chi connectivity index (χ2v) is 10.7. The molecule has 3 heterocycles. The number of aliphatic hydroxyl groups is 1. The third-order valence-electron chi connectivity index (χ3n) is 4.00. The molecule has 0 radical (unpaired) electrons. The molecule has 180 valence electrons. The molecule has 5 atom stereocenters. The summed E-state index contributed by atoms with van der Waals surface area (Å²) >= 11 is 0. The minimum atomic E-state index is -5.67. The van der Waals surface area contributed by atoms with Crippen LogP contribution < -0.4 is 10.9 Å². The van der Waals surface area contributed by atoms with Gasteiger partial charge in [0.05, 0.1) is 19.0 Å². The van der Waals surface area contributed by atoms with Gasteiger partial charge in [0.15, 0.2) is 11.2 Å². The highest BCUT2D eigenvalue weighted by Crippen LogP contribution is 2.66. The Kier molecular flexibility index (Phi) is 7.08. The van der Waals surface area contributed by atoms with Crippen LogP contribution in [0.5, 0.6) is 0 Å². The third kappa shape index (κ3) is 6.08. The van der Waals surface area contributed by atoms with Crippen molar-refractivity contribution in [2.45, 2.75) is 24.9 Å². The largest absolute Gasteiger partial charge is 0.490 e. The van der Waals surface area contributed by atoms with E-state index in [4.69, 9.17) is 19.4 Å². The van der Waals surface area contributed by atoms with E-state index in [0.717, 1.165) is 0 Å². The van der Waals surface area contributed by atoms with Crippen molar-refractivity contribution in [2.24, 2.45) is 0 Å². The zero-order chi connectivity index (χ0) is 23.9. The summed E-state index contributed by atoms with van der Waals surface area (Å²) in [7, 11) is -15.0. The predicted molar refractivity (Wildman–Crippen MR) is 102 cm³/mol. The van der Waals surface area contributed by atoms with E-state index in [1.165, 1.54) is 17.9 Å². The highest BCUT2D eigenvalue weighted by atomic mass is 31.3. The van der Waals surface area contributed by atoms with Gasteiger partial charge in [0.25, 0.3) is 5.56 Å². The van der Waals surface area contributed by atoms with E-state index < -0.39 is 54.1 Å². The summed E-state index contributed by atoms with van der Waals surface area (Å²) in [6.45, 7) is -0.830. The molecule has 0 bridgehead atoms. The van der Waals surface area contributed by atoms with Crippen molar-refractivity contribution >= 4 is 40.6 Å². The molecule has 0 aromatic carbocycles. The maximum absolute atomic E-state index is 12.0. The molecule has 32 heavy (non-hydrogen) atoms. The van der Waals surface area contributed by atoms with Gasteiger partial charge in [-0.3, -0.25) is 18.9 Å². The summed E-state index contributed by atoms with van der Waals surface area (Å²) < 4.78 is 52.3. The normalized spacial score (nSPS) is 25.5. The second kappa shape index (κ2) is 9.02. The zero-order valence-electron chi connectivity index (χ0n) is 15.9. The lowest BCUT2D eigenvalue weighted by atomic mass is 10.2. The Hall–Kier alpha value is -1.52. The number of aromatic nitrogens is 4. The van der Waals surface area contributed by atoms with Crippen LogP contribution in [-0.4, -0.2) is 70.1 Å². The molecule has 18 nitrogen and oxygen atoms in total. The molecule has 0 spiro atoms. The third-order valence-corrected chi connectivity index (χ3v) is 7.80. The van der Waals surface area contributed by atoms with Crippen molar-refractivity contribution in [3.63, 3.8) is 0 Å². The number of hydrogen-bond donors (Lipinski definition) is 7. The van der Waals surface area contributed by atoms with Gasteiger partial charge in [0.2, 0.25) is 5.95 Å². The van der Waals surface area contributed by atoms with Crippen molar-refractivity contribution in [2.75, 3.05) is 19.0 Å². The standard InChI is InChI=1S/C11H18N5O13P3/c1-12-11-14-9-8(10(18)15-11)13-4-16(9)7-2-5(17)6(27-7)3-26-31(22,23)29-32(24,25)28-30(19,20)21/h4-7,17H,2-3H2,1H3,(H,22,23)(H,24,25)(H2,19,20,21)(H2,12,14,15,18). The number of nitrogens with zero attached hydrogens (tertiary/aromatic N) is 3. The van der Waals surface area contributed by atoms with Crippen LogP contribution in [0.3, 0.4) is 0 Å². The number of nitrogens with one attached hydrogen (secondary N) is 2. The maximum atomic E-state index is 12.0. The summed E-state index contributed by atoms with van der Waals surface area (Å²) in [4.78, 5) is 58.2. The van der Waals surface area contributed by atoms with Gasteiger partial charge in [0.1, 0.15) is 12.3 Å². The Morgan fingerprint density at radius 3 is 2.56 bits per heavy atom. The van der Waals surface area contributed by atoms with Crippen molar-refractivity contribution in [1.82, 2.24) is 19.5 Å². The molecule has 1 fully saturated rings. The molecule has 0 saturated carbocycles. The highest BCUT2D eigenvalue weighted by molar-refractivity contribution is 7.66. The first-order valence-electron chi connectivity index (χ1n) is 8.46. The van der Waals surface area contributed by atoms with Crippen molar-refractivity contribution < 1.29 is 56.3 Å². The molecule has 21 heteroatoms. The lowest BCUT2D eigenvalue weighted by Gasteiger charge is -2.19. The summed E-state index contributed by atoms with van der Waals surface area (Å²) in [5, 5.41) is 12.8. The molecule has 7 N–H and O–H groups in total. The molecule has 5 unspecified atom stereocenters. The van der Waals surface area contributed by atoms with Gasteiger partial charge >= 0.3 is 23.5 Å². The lowest BCUT2D eigenvalue weighted by molar-refractivity contribution is -0.0423. The molecular formula is C11H18N5O13P3. The quantitative estimate of drug-likeness (QED) is 0.198. The van der Waals surface area contributed by atoms with Crippen LogP contribution in [0.1, 0.15) is 12.6 Å². The lowest BCUT2D eigenvalue weighted by Crippen LogP contribution is -2.26. The number of H-pyrrole nitrogens is 1. The van der Waals surface area contributed by atoms with Gasteiger partial charge in [0, 0.05) is 13.5 Å². The highest BCUT2D eigenvalue weighted by Gasteiger charge is 2.43. The molecule has 3 rings (SSSR count). The van der Waals surface area contributed by atoms with E-state index in [2.05, 4.69) is 33.4 Å². The number of phosphoric ester groups is 1. The minimum absolute atomic E-state index is 0.00111. The average Bonchev–Trinajstić information content (AvgIpc) is 3.20. The van der Waals surface area contributed by atoms with Crippen LogP contribution in [0.2, 0.25) is 0 Å². The Labute approximate surface area is 177 Å². The average molecular weight is 521 g/mol. The van der Waals surface area contributed by atoms with Crippen LogP contribution in [0.25, 0.3) is 11.2 Å². The number of ether oxygens (including phenoxy) is 1. The van der Waals surface area contributed by atoms with Gasteiger partial charge < -0.3 is 34.7 Å². The second-order valence-electron chi connectivity index (χ2n) is 6.31. The fourth-order valence-electron chi connectivity index (χ4n) is 2.76. The number of phosphoric acid groups is 3. The van der Waals surface area contributed by atoms with Crippen molar-refractivity contribution in [3.8, 4) is 0 Å². The number of fused-ring (bicyclic) bond motifs is 1. The topological polar surface area (TPSA) is 265 Å². The molecule has 2 aromatic rings. The van der Waals surface area contributed by atoms with Crippen LogP contribution >= 0.6 is 23.5 Å². The van der Waals surface area contributed by atoms with Crippen molar-refractivity contribution in [1.29, 1.82) is 0 Å². The molecule has 0 aliphatic carbocycles. The fourth-order valence-corrected chi connectivity index (χ4v) is 5.79. The maximum Gasteiger partial charge on any atom is 0.490 e. The van der Waals surface area contributed by atoms with E-state index >= 15 is 0 Å². The van der Waals surface area contributed by atoms with E-state index in [1.54, 1.807) is 0 Å². The van der Waals surface area contributed by atoms with E-state index in [1.807, 2.05) is 0 Å². The molecule has 2 aromatic heterocycles. The summed E-state index contributed by atoms with van der Waals surface area (Å²) in [6.07, 6.45) is -2.24. The SMILES string of the molecule is CNc1nc2c(ncn2C2CC(O)C(COP(=O)(O)OP(=O)(O)OP(=O)(O)O)O2)c(=O)[nH]1. The Morgan fingerprint density at radius 1 is 1.25 bits per heavy atom. The molecule has 1 aliphatic heterocycles. The van der Waals surface area contributed by atoms with Gasteiger partial charge in [-0.05, 0) is 0 Å². The van der Waals surface area contributed by atoms with E-state index in [0.29, 0.717) is 0 Å². The molecular weight excluding hydrogens is 503 g/mol. The van der Waals surface area contributed by atoms with Gasteiger partial charge in [-0.2, -0.15) is 13.6 Å². The van der Waals surface area contributed by atoms with Gasteiger partial charge in [-0.1, -0.05) is 0 Å². The Morgan fingerprint density at radius 2 is 1.94 bits per heavy atom. The molecule has 1 aliphatic rings. The molecule has 0 amide bonds. The van der Waals surface area contributed by atoms with E-state index in [9.17, 15) is 28.5 Å². The molecule has 1 saturated heterocycles. The van der Waals surface area contributed by atoms with Crippen LogP contribution in [-0.2, 0) is 31.6 Å². The summed E-state index contributed by atoms with van der Waals surface area (Å²) in [5.41, 5.74) is -0.400. The van der Waals surface area contributed by atoms with Gasteiger partial charge in [-0.15, -0.1) is 0 Å². The van der Waals surface area contributed by atoms with E-state index in [-0.39, 0.29) is 23.5 Å². The van der Waals surface area contributed by atoms with Crippen LogP contribution in [0.4, 0.5) is 5.95 Å². The predicted octanol–water partition coefficient (Wildman–Crippen LogP) is -0.847. The summed E-state index contributed by atoms with van der Waals surface area (Å²) in [6, 6.07) is 0. The first-order chi connectivity index (χ1) is 14.7. The monoisotopic (exact) mass is 521 g/mol. The Bertz CT molecular complexity index is 1190. The smallest absolute Gasteiger partial charge is 0.390 e. The van der Waals surface area contributed by atoms with Crippen LogP contribution in [0.15, 0.2) is 11.1 Å². The summed E-state index contributed by atoms with van der Waals surface area (Å²) in [5.74, 6) is 0.145. The number of aromatic amines is 1. The number of hydrogen-bond acceptors (Lipinski definition) is 12. The van der Waals surface area contributed by atoms with Crippen molar-refractivity contribution in [3.05, 3.63) is 16.7 Å². The number of anilines is 1. The van der Waals surface area contributed by atoms with Gasteiger partial charge in [-0.25, -0.2) is 18.7 Å². The first kappa shape index (κ1) is 25.1. The minimum Gasteiger partial charge on any atom is -0.390 e. The Balaban J connectivity index is 1.68. The number of aliphatic hydroxyl groups excluding tert-OH is 1. The fraction of sp³-hybridized carbons (Fsp3) is 0.545. The number of imidazole rings is 1. The van der Waals surface area contributed by atoms with Crippen LogP contribution in [0, 0.1) is 0 Å².